The smallest absolute Gasteiger partial charge is 0.379 e. The van der Waals surface area contributed by atoms with Gasteiger partial charge in [0.15, 0.2) is 5.60 Å². The van der Waals surface area contributed by atoms with Gasteiger partial charge in [-0.2, -0.15) is 0 Å². The van der Waals surface area contributed by atoms with Crippen molar-refractivity contribution in [1.82, 2.24) is 4.98 Å². The van der Waals surface area contributed by atoms with Gasteiger partial charge in [-0.05, 0) is 28.3 Å². The largest absolute Gasteiger partial charge is 0.530 e. The minimum Gasteiger partial charge on any atom is -0.379 e. The summed E-state index contributed by atoms with van der Waals surface area (Å²) in [6, 6.07) is 18.1. The number of ether oxygens (including phenoxy) is 1. The Kier molecular flexibility index (Phi) is 8.14. The van der Waals surface area contributed by atoms with Gasteiger partial charge in [0, 0.05) is 29.7 Å². The highest BCUT2D eigenvalue weighted by Gasteiger charge is 2.74. The van der Waals surface area contributed by atoms with Crippen molar-refractivity contribution in [2.24, 2.45) is 5.92 Å². The lowest BCUT2D eigenvalue weighted by molar-refractivity contribution is -0.153. The number of aliphatic hydroxyl groups is 1. The maximum Gasteiger partial charge on any atom is 0.530 e. The van der Waals surface area contributed by atoms with Crippen LogP contribution in [0.3, 0.4) is 0 Å². The molecule has 0 spiro atoms. The SMILES string of the molecule is C#COC(=O)C(C(C)C)([P+](=O)OC)C(O)(Cc1ccc(F)cc1)c1ccc(-c2ccccc2)nc1. The van der Waals surface area contributed by atoms with Crippen LogP contribution in [0, 0.1) is 24.3 Å². The zero-order valence-corrected chi connectivity index (χ0v) is 20.5. The van der Waals surface area contributed by atoms with Crippen molar-refractivity contribution in [3.8, 4) is 23.8 Å². The third kappa shape index (κ3) is 4.87. The van der Waals surface area contributed by atoms with Crippen LogP contribution in [0.5, 0.6) is 0 Å². The molecule has 1 heterocycles. The van der Waals surface area contributed by atoms with Gasteiger partial charge in [0.25, 0.3) is 0 Å². The minimum atomic E-state index is -2.85. The molecule has 3 aromatic rings. The Morgan fingerprint density at radius 1 is 1.14 bits per heavy atom. The molecule has 3 rings (SSSR count). The van der Waals surface area contributed by atoms with Crippen molar-refractivity contribution in [2.45, 2.75) is 31.0 Å². The van der Waals surface area contributed by atoms with Crippen LogP contribution < -0.4 is 0 Å². The topological polar surface area (TPSA) is 85.7 Å². The number of nitrogens with zero attached hydrogens (tertiary/aromatic N) is 1. The normalized spacial score (nSPS) is 14.9. The molecule has 35 heavy (non-hydrogen) atoms. The number of pyridine rings is 1. The first kappa shape index (κ1) is 26.2. The van der Waals surface area contributed by atoms with E-state index in [1.165, 1.54) is 37.6 Å². The average Bonchev–Trinajstić information content (AvgIpc) is 2.86. The number of esters is 1. The zero-order chi connectivity index (χ0) is 25.6. The Bertz CT molecular complexity index is 1230. The lowest BCUT2D eigenvalue weighted by Gasteiger charge is -2.39. The van der Waals surface area contributed by atoms with E-state index in [1.807, 2.05) is 36.4 Å². The maximum atomic E-state index is 13.6. The fraction of sp³-hybridized carbons (Fsp3) is 0.259. The van der Waals surface area contributed by atoms with Crippen molar-refractivity contribution >= 4 is 14.0 Å². The Morgan fingerprint density at radius 2 is 1.80 bits per heavy atom. The number of rotatable bonds is 9. The van der Waals surface area contributed by atoms with E-state index in [0.29, 0.717) is 11.3 Å². The third-order valence-electron chi connectivity index (χ3n) is 6.07. The van der Waals surface area contributed by atoms with Crippen LogP contribution in [0.2, 0.25) is 0 Å². The second-order valence-corrected chi connectivity index (χ2v) is 9.91. The first-order valence-corrected chi connectivity index (χ1v) is 12.1. The molecule has 0 aliphatic carbocycles. The molecular formula is C27H26FNO5P+. The van der Waals surface area contributed by atoms with Crippen molar-refractivity contribution in [3.63, 3.8) is 0 Å². The first-order valence-electron chi connectivity index (χ1n) is 10.9. The van der Waals surface area contributed by atoms with Crippen LogP contribution in [0.15, 0.2) is 72.9 Å². The van der Waals surface area contributed by atoms with Gasteiger partial charge in [-0.3, -0.25) is 4.98 Å². The quantitative estimate of drug-likeness (QED) is 0.249. The second kappa shape index (κ2) is 10.9. The monoisotopic (exact) mass is 494 g/mol. The Balaban J connectivity index is 2.27. The zero-order valence-electron chi connectivity index (χ0n) is 19.6. The van der Waals surface area contributed by atoms with E-state index in [4.69, 9.17) is 15.7 Å². The molecular weight excluding hydrogens is 468 g/mol. The summed E-state index contributed by atoms with van der Waals surface area (Å²) in [4.78, 5) is 17.9. The molecule has 180 valence electrons. The van der Waals surface area contributed by atoms with E-state index in [-0.39, 0.29) is 12.0 Å². The Morgan fingerprint density at radius 3 is 2.31 bits per heavy atom. The fourth-order valence-corrected chi connectivity index (χ4v) is 5.78. The molecule has 2 aromatic carbocycles. The highest BCUT2D eigenvalue weighted by Crippen LogP contribution is 2.57. The van der Waals surface area contributed by atoms with Gasteiger partial charge in [0.2, 0.25) is 0 Å². The highest BCUT2D eigenvalue weighted by molar-refractivity contribution is 7.42. The van der Waals surface area contributed by atoms with Gasteiger partial charge in [0.05, 0.1) is 12.8 Å². The minimum absolute atomic E-state index is 0.199. The van der Waals surface area contributed by atoms with E-state index >= 15 is 0 Å². The number of hydrogen-bond donors (Lipinski definition) is 1. The van der Waals surface area contributed by atoms with Crippen LogP contribution in [0.4, 0.5) is 4.39 Å². The summed E-state index contributed by atoms with van der Waals surface area (Å²) < 4.78 is 37.1. The number of hydrogen-bond acceptors (Lipinski definition) is 6. The standard InChI is InChI=1S/C27H26FNO5P/c1-5-34-25(30)27(19(2)3,35(32)33-4)26(31,17-20-11-14-23(28)15-12-20)22-13-16-24(29-18-22)21-9-7-6-8-10-21/h1,6-16,18-19,31H,17H2,2-4H3/q+1. The average molecular weight is 494 g/mol. The summed E-state index contributed by atoms with van der Waals surface area (Å²) in [5.41, 5.74) is 0.0177. The van der Waals surface area contributed by atoms with Gasteiger partial charge in [0.1, 0.15) is 11.9 Å². The molecule has 0 fully saturated rings. The molecule has 0 radical (unpaired) electrons. The number of halogens is 1. The second-order valence-electron chi connectivity index (χ2n) is 8.33. The molecule has 8 heteroatoms. The van der Waals surface area contributed by atoms with Crippen LogP contribution >= 0.6 is 8.03 Å². The molecule has 0 bridgehead atoms. The van der Waals surface area contributed by atoms with Crippen molar-refractivity contribution < 1.29 is 28.1 Å². The molecule has 1 N–H and O–H groups in total. The van der Waals surface area contributed by atoms with Gasteiger partial charge in [-0.1, -0.05) is 68.8 Å². The summed E-state index contributed by atoms with van der Waals surface area (Å²) in [7, 11) is -1.68. The van der Waals surface area contributed by atoms with Crippen LogP contribution in [-0.4, -0.2) is 28.3 Å². The molecule has 3 unspecified atom stereocenters. The number of aromatic nitrogens is 1. The van der Waals surface area contributed by atoms with E-state index < -0.39 is 36.5 Å². The summed E-state index contributed by atoms with van der Waals surface area (Å²) in [5, 5.41) is 10.3. The van der Waals surface area contributed by atoms with Crippen LogP contribution in [0.1, 0.15) is 25.0 Å². The first-order chi connectivity index (χ1) is 16.7. The van der Waals surface area contributed by atoms with E-state index in [9.17, 15) is 18.9 Å². The summed E-state index contributed by atoms with van der Waals surface area (Å²) in [6.07, 6.45) is 8.26. The van der Waals surface area contributed by atoms with Crippen molar-refractivity contribution in [3.05, 3.63) is 89.9 Å². The van der Waals surface area contributed by atoms with Gasteiger partial charge >= 0.3 is 19.2 Å². The van der Waals surface area contributed by atoms with Crippen molar-refractivity contribution in [1.29, 1.82) is 0 Å². The molecule has 1 aromatic heterocycles. The van der Waals surface area contributed by atoms with Crippen LogP contribution in [-0.2, 0) is 30.6 Å². The third-order valence-corrected chi connectivity index (χ3v) is 8.04. The highest BCUT2D eigenvalue weighted by atomic mass is 31.1. The van der Waals surface area contributed by atoms with Gasteiger partial charge in [-0.15, -0.1) is 4.52 Å². The van der Waals surface area contributed by atoms with Gasteiger partial charge in [-0.25, -0.2) is 9.18 Å². The predicted molar refractivity (Wildman–Crippen MR) is 131 cm³/mol. The van der Waals surface area contributed by atoms with Crippen molar-refractivity contribution in [2.75, 3.05) is 7.11 Å². The lowest BCUT2D eigenvalue weighted by Crippen LogP contribution is -2.59. The summed E-state index contributed by atoms with van der Waals surface area (Å²) in [5.74, 6) is -2.29. The molecule has 0 aliphatic heterocycles. The molecule has 3 atom stereocenters. The molecule has 0 saturated carbocycles. The summed E-state index contributed by atoms with van der Waals surface area (Å²) in [6.45, 7) is 3.23. The molecule has 0 saturated heterocycles. The predicted octanol–water partition coefficient (Wildman–Crippen LogP) is 5.24. The van der Waals surface area contributed by atoms with Crippen LogP contribution in [0.25, 0.3) is 11.3 Å². The summed E-state index contributed by atoms with van der Waals surface area (Å²) >= 11 is 0. The van der Waals surface area contributed by atoms with E-state index in [2.05, 4.69) is 4.98 Å². The molecule has 0 amide bonds. The number of carbonyl (C=O) groups excluding carboxylic acids is 1. The Labute approximate surface area is 205 Å². The number of benzene rings is 2. The van der Waals surface area contributed by atoms with Gasteiger partial charge < -0.3 is 9.84 Å². The number of terminal acetylenes is 1. The lowest BCUT2D eigenvalue weighted by atomic mass is 9.71. The fourth-order valence-electron chi connectivity index (χ4n) is 4.37. The number of carbonyl (C=O) groups is 1. The van der Waals surface area contributed by atoms with E-state index in [0.717, 1.165) is 5.56 Å². The molecule has 0 aliphatic rings. The maximum absolute atomic E-state index is 13.6. The van der Waals surface area contributed by atoms with E-state index in [1.54, 1.807) is 26.0 Å². The molecule has 6 nitrogen and oxygen atoms in total. The Hall–Kier alpha value is -3.43.